The molecule has 0 spiro atoms. The molecule has 0 aliphatic carbocycles. The summed E-state index contributed by atoms with van der Waals surface area (Å²) in [4.78, 5) is 34.9. The van der Waals surface area contributed by atoms with Crippen LogP contribution < -0.4 is 5.32 Å². The number of ether oxygens (including phenoxy) is 1. The zero-order chi connectivity index (χ0) is 20.8. The Balaban J connectivity index is 2.37. The van der Waals surface area contributed by atoms with Crippen LogP contribution in [0.15, 0.2) is 42.1 Å². The molecule has 0 aromatic heterocycles. The monoisotopic (exact) mass is 442 g/mol. The van der Waals surface area contributed by atoms with Crippen molar-refractivity contribution in [1.82, 2.24) is 5.32 Å². The van der Waals surface area contributed by atoms with Crippen molar-refractivity contribution in [3.05, 3.63) is 78.4 Å². The highest BCUT2D eigenvalue weighted by Crippen LogP contribution is 2.25. The van der Waals surface area contributed by atoms with Crippen LogP contribution >= 0.6 is 34.8 Å². The van der Waals surface area contributed by atoms with Crippen molar-refractivity contribution in [2.24, 2.45) is 0 Å². The Morgan fingerprint density at radius 3 is 2.43 bits per heavy atom. The van der Waals surface area contributed by atoms with Crippen LogP contribution in [0.4, 0.5) is 5.69 Å². The molecule has 0 aliphatic rings. The molecule has 0 radical (unpaired) electrons. The van der Waals surface area contributed by atoms with Gasteiger partial charge in [-0.3, -0.25) is 14.9 Å². The van der Waals surface area contributed by atoms with Crippen LogP contribution in [0.25, 0.3) is 6.08 Å². The van der Waals surface area contributed by atoms with Crippen LogP contribution in [0.5, 0.6) is 0 Å². The number of nitro groups is 1. The average Bonchev–Trinajstić information content (AvgIpc) is 2.63. The second kappa shape index (κ2) is 9.54. The fraction of sp³-hybridized carbons (Fsp3) is 0.111. The Morgan fingerprint density at radius 1 is 1.14 bits per heavy atom. The lowest BCUT2D eigenvalue weighted by Crippen LogP contribution is -2.28. The number of nitro benzene ring substituents is 1. The van der Waals surface area contributed by atoms with Crippen LogP contribution in [0.1, 0.15) is 22.8 Å². The van der Waals surface area contributed by atoms with Gasteiger partial charge in [0, 0.05) is 22.2 Å². The first-order chi connectivity index (χ1) is 13.2. The van der Waals surface area contributed by atoms with E-state index in [2.05, 4.69) is 5.32 Å². The Hall–Kier alpha value is -2.61. The fourth-order valence-electron chi connectivity index (χ4n) is 2.12. The molecule has 0 atom stereocenters. The summed E-state index contributed by atoms with van der Waals surface area (Å²) in [5, 5.41) is 13.7. The number of hydrogen-bond acceptors (Lipinski definition) is 5. The number of esters is 1. The van der Waals surface area contributed by atoms with Gasteiger partial charge in [0.2, 0.25) is 0 Å². The van der Waals surface area contributed by atoms with Gasteiger partial charge in [-0.25, -0.2) is 4.79 Å². The molecule has 0 heterocycles. The van der Waals surface area contributed by atoms with Gasteiger partial charge >= 0.3 is 5.97 Å². The van der Waals surface area contributed by atoms with E-state index in [1.807, 2.05) is 0 Å². The van der Waals surface area contributed by atoms with E-state index in [0.717, 1.165) is 12.1 Å². The molecular formula is C18H13Cl3N2O5. The summed E-state index contributed by atoms with van der Waals surface area (Å²) in [5.41, 5.74) is -0.0879. The molecule has 0 bridgehead atoms. The molecule has 1 N–H and O–H groups in total. The predicted octanol–water partition coefficient (Wildman–Crippen LogP) is 4.89. The Labute approximate surface area is 175 Å². The van der Waals surface area contributed by atoms with Crippen molar-refractivity contribution < 1.29 is 19.2 Å². The Bertz CT molecular complexity index is 976. The average molecular weight is 444 g/mol. The Morgan fingerprint density at radius 2 is 1.86 bits per heavy atom. The van der Waals surface area contributed by atoms with Gasteiger partial charge in [0.25, 0.3) is 11.6 Å². The number of nitrogens with zero attached hydrogens (tertiary/aromatic N) is 1. The number of nitrogens with one attached hydrogen (secondary N) is 1. The van der Waals surface area contributed by atoms with Gasteiger partial charge in [0.05, 0.1) is 22.1 Å². The third-order valence-corrected chi connectivity index (χ3v) is 4.29. The van der Waals surface area contributed by atoms with Crippen LogP contribution in [0.3, 0.4) is 0 Å². The number of carbonyl (C=O) groups excluding carboxylic acids is 2. The topological polar surface area (TPSA) is 98.5 Å². The first kappa shape index (κ1) is 21.7. The minimum atomic E-state index is -0.792. The lowest BCUT2D eigenvalue weighted by molar-refractivity contribution is -0.384. The number of rotatable bonds is 6. The summed E-state index contributed by atoms with van der Waals surface area (Å²) in [7, 11) is 0. The zero-order valence-electron chi connectivity index (χ0n) is 14.4. The van der Waals surface area contributed by atoms with Crippen LogP contribution in [-0.4, -0.2) is 23.4 Å². The van der Waals surface area contributed by atoms with Gasteiger partial charge in [-0.1, -0.05) is 40.9 Å². The van der Waals surface area contributed by atoms with Gasteiger partial charge < -0.3 is 10.1 Å². The van der Waals surface area contributed by atoms with Gasteiger partial charge in [-0.05, 0) is 36.8 Å². The highest BCUT2D eigenvalue weighted by molar-refractivity contribution is 6.35. The quantitative estimate of drug-likeness (QED) is 0.297. The molecule has 0 fully saturated rings. The summed E-state index contributed by atoms with van der Waals surface area (Å²) in [6.45, 7) is 1.69. The van der Waals surface area contributed by atoms with Crippen molar-refractivity contribution in [3.8, 4) is 0 Å². The summed E-state index contributed by atoms with van der Waals surface area (Å²) < 4.78 is 4.94. The van der Waals surface area contributed by atoms with E-state index in [-0.39, 0.29) is 33.6 Å². The van der Waals surface area contributed by atoms with E-state index >= 15 is 0 Å². The maximum atomic E-state index is 12.5. The van der Waals surface area contributed by atoms with Crippen molar-refractivity contribution in [2.75, 3.05) is 6.61 Å². The van der Waals surface area contributed by atoms with E-state index in [4.69, 9.17) is 39.5 Å². The molecule has 1 amide bonds. The highest BCUT2D eigenvalue weighted by atomic mass is 35.5. The van der Waals surface area contributed by atoms with Gasteiger partial charge in [-0.2, -0.15) is 0 Å². The molecule has 28 heavy (non-hydrogen) atoms. The predicted molar refractivity (Wildman–Crippen MR) is 107 cm³/mol. The Kier molecular flexibility index (Phi) is 7.39. The fourth-order valence-corrected chi connectivity index (χ4v) is 2.84. The third-order valence-electron chi connectivity index (χ3n) is 3.41. The zero-order valence-corrected chi connectivity index (χ0v) is 16.6. The lowest BCUT2D eigenvalue weighted by atomic mass is 10.1. The maximum absolute atomic E-state index is 12.5. The maximum Gasteiger partial charge on any atom is 0.354 e. The molecule has 0 saturated heterocycles. The van der Waals surface area contributed by atoms with Crippen molar-refractivity contribution >= 4 is 58.4 Å². The van der Waals surface area contributed by atoms with Crippen molar-refractivity contribution in [2.45, 2.75) is 6.92 Å². The van der Waals surface area contributed by atoms with Gasteiger partial charge in [0.1, 0.15) is 5.70 Å². The van der Waals surface area contributed by atoms with Crippen LogP contribution in [0, 0.1) is 10.1 Å². The summed E-state index contributed by atoms with van der Waals surface area (Å²) in [6, 6.07) is 7.97. The molecule has 0 unspecified atom stereocenters. The molecule has 10 heteroatoms. The number of non-ortho nitro benzene ring substituents is 1. The SMILES string of the molecule is CCOC(=O)C(=Cc1ccc(Cl)cc1Cl)NC(=O)c1ccc([N+](=O)[O-])cc1Cl. The number of hydrogen-bond donors (Lipinski definition) is 1. The van der Waals surface area contributed by atoms with E-state index < -0.39 is 16.8 Å². The minimum absolute atomic E-state index is 0.0512. The standard InChI is InChI=1S/C18H13Cl3N2O5/c1-2-28-18(25)16(7-10-3-4-11(19)8-14(10)20)22-17(24)13-6-5-12(23(26)27)9-15(13)21/h3-9H,2H2,1H3,(H,22,24). The van der Waals surface area contributed by atoms with E-state index in [9.17, 15) is 19.7 Å². The van der Waals surface area contributed by atoms with Crippen molar-refractivity contribution in [3.63, 3.8) is 0 Å². The number of benzene rings is 2. The second-order valence-electron chi connectivity index (χ2n) is 5.32. The normalized spacial score (nSPS) is 11.1. The molecule has 0 saturated carbocycles. The van der Waals surface area contributed by atoms with E-state index in [0.29, 0.717) is 10.6 Å². The third kappa shape index (κ3) is 5.45. The van der Waals surface area contributed by atoms with Gasteiger partial charge in [-0.15, -0.1) is 0 Å². The summed E-state index contributed by atoms with van der Waals surface area (Å²) in [6.07, 6.45) is 1.33. The smallest absolute Gasteiger partial charge is 0.354 e. The summed E-state index contributed by atoms with van der Waals surface area (Å²) >= 11 is 17.9. The molecule has 2 aromatic carbocycles. The summed E-state index contributed by atoms with van der Waals surface area (Å²) in [5.74, 6) is -1.54. The number of amides is 1. The molecule has 0 aliphatic heterocycles. The van der Waals surface area contributed by atoms with E-state index in [1.165, 1.54) is 18.2 Å². The largest absolute Gasteiger partial charge is 0.461 e. The molecule has 2 aromatic rings. The van der Waals surface area contributed by atoms with Crippen molar-refractivity contribution in [1.29, 1.82) is 0 Å². The molecular weight excluding hydrogens is 431 g/mol. The first-order valence-electron chi connectivity index (χ1n) is 7.82. The van der Waals surface area contributed by atoms with Crippen LogP contribution in [0.2, 0.25) is 15.1 Å². The second-order valence-corrected chi connectivity index (χ2v) is 6.57. The van der Waals surface area contributed by atoms with E-state index in [1.54, 1.807) is 19.1 Å². The molecule has 7 nitrogen and oxygen atoms in total. The number of carbonyl (C=O) groups is 2. The van der Waals surface area contributed by atoms with Gasteiger partial charge in [0.15, 0.2) is 0 Å². The van der Waals surface area contributed by atoms with Crippen LogP contribution in [-0.2, 0) is 9.53 Å². The lowest BCUT2D eigenvalue weighted by Gasteiger charge is -2.11. The highest BCUT2D eigenvalue weighted by Gasteiger charge is 2.20. The molecule has 146 valence electrons. The first-order valence-corrected chi connectivity index (χ1v) is 8.95. The number of halogens is 3. The minimum Gasteiger partial charge on any atom is -0.461 e. The molecule has 2 rings (SSSR count).